The molecule has 2 aromatic rings. The zero-order valence-corrected chi connectivity index (χ0v) is 16.8. The Morgan fingerprint density at radius 1 is 1.15 bits per heavy atom. The van der Waals surface area contributed by atoms with Gasteiger partial charge < -0.3 is 9.47 Å². The van der Waals surface area contributed by atoms with E-state index in [2.05, 4.69) is 4.99 Å². The number of para-hydroxylation sites is 2. The molecule has 1 saturated heterocycles. The van der Waals surface area contributed by atoms with E-state index >= 15 is 0 Å². The van der Waals surface area contributed by atoms with Crippen molar-refractivity contribution >= 4 is 46.2 Å². The predicted molar refractivity (Wildman–Crippen MR) is 111 cm³/mol. The fourth-order valence-corrected chi connectivity index (χ4v) is 3.91. The van der Waals surface area contributed by atoms with Gasteiger partial charge in [0.15, 0.2) is 16.7 Å². The summed E-state index contributed by atoms with van der Waals surface area (Å²) in [5.41, 5.74) is 1.40. The number of hydrogen-bond acceptors (Lipinski definition) is 5. The minimum atomic E-state index is -0.0989. The molecule has 0 N–H and O–H groups in total. The van der Waals surface area contributed by atoms with E-state index in [1.807, 2.05) is 43.3 Å². The first-order valence-electron chi connectivity index (χ1n) is 8.34. The Morgan fingerprint density at radius 3 is 2.59 bits per heavy atom. The highest BCUT2D eigenvalue weighted by Gasteiger charge is 2.32. The van der Waals surface area contributed by atoms with E-state index in [0.717, 1.165) is 5.56 Å². The number of amides is 1. The predicted octanol–water partition coefficient (Wildman–Crippen LogP) is 4.98. The van der Waals surface area contributed by atoms with Gasteiger partial charge in [0.1, 0.15) is 0 Å². The van der Waals surface area contributed by atoms with Crippen molar-refractivity contribution < 1.29 is 14.3 Å². The van der Waals surface area contributed by atoms with Gasteiger partial charge >= 0.3 is 0 Å². The number of ether oxygens (including phenoxy) is 2. The van der Waals surface area contributed by atoms with Crippen molar-refractivity contribution in [3.05, 3.63) is 58.0 Å². The van der Waals surface area contributed by atoms with Crippen LogP contribution >= 0.6 is 23.4 Å². The number of carbonyl (C=O) groups is 1. The molecule has 1 aliphatic heterocycles. The average molecular weight is 403 g/mol. The van der Waals surface area contributed by atoms with Crippen molar-refractivity contribution in [3.63, 3.8) is 0 Å². The molecule has 1 fully saturated rings. The lowest BCUT2D eigenvalue weighted by atomic mass is 10.1. The van der Waals surface area contributed by atoms with Gasteiger partial charge in [0.05, 0.1) is 29.8 Å². The van der Waals surface area contributed by atoms with E-state index in [4.69, 9.17) is 21.1 Å². The molecule has 0 bridgehead atoms. The highest BCUT2D eigenvalue weighted by atomic mass is 35.5. The molecule has 0 unspecified atom stereocenters. The van der Waals surface area contributed by atoms with Gasteiger partial charge in [-0.3, -0.25) is 9.69 Å². The Balaban J connectivity index is 2.01. The van der Waals surface area contributed by atoms with Crippen molar-refractivity contribution in [3.8, 4) is 11.5 Å². The summed E-state index contributed by atoms with van der Waals surface area (Å²) in [7, 11) is 3.16. The van der Waals surface area contributed by atoms with Crippen LogP contribution in [0, 0.1) is 0 Å². The maximum atomic E-state index is 12.8. The van der Waals surface area contributed by atoms with Crippen LogP contribution in [0.5, 0.6) is 11.5 Å². The van der Waals surface area contributed by atoms with Gasteiger partial charge in [0, 0.05) is 12.1 Å². The second-order valence-corrected chi connectivity index (χ2v) is 7.00. The number of aliphatic imine (C=N–C) groups is 1. The average Bonchev–Trinajstić information content (AvgIpc) is 2.97. The lowest BCUT2D eigenvalue weighted by Gasteiger charge is -2.12. The number of nitrogens with zero attached hydrogens (tertiary/aromatic N) is 2. The van der Waals surface area contributed by atoms with Crippen molar-refractivity contribution in [1.29, 1.82) is 0 Å². The van der Waals surface area contributed by atoms with Crippen LogP contribution < -0.4 is 9.47 Å². The molecule has 7 heteroatoms. The van der Waals surface area contributed by atoms with Crippen molar-refractivity contribution in [2.75, 3.05) is 20.8 Å². The highest BCUT2D eigenvalue weighted by Crippen LogP contribution is 2.38. The van der Waals surface area contributed by atoms with Gasteiger partial charge in [-0.2, -0.15) is 0 Å². The minimum Gasteiger partial charge on any atom is -0.493 e. The largest absolute Gasteiger partial charge is 0.493 e. The van der Waals surface area contributed by atoms with E-state index in [0.29, 0.717) is 38.8 Å². The van der Waals surface area contributed by atoms with Crippen LogP contribution in [0.2, 0.25) is 5.02 Å². The zero-order valence-electron chi connectivity index (χ0n) is 15.2. The van der Waals surface area contributed by atoms with Crippen molar-refractivity contribution in [1.82, 2.24) is 4.90 Å². The Bertz CT molecular complexity index is 927. The van der Waals surface area contributed by atoms with Crippen LogP contribution in [-0.4, -0.2) is 36.7 Å². The number of halogens is 1. The first-order valence-corrected chi connectivity index (χ1v) is 9.54. The van der Waals surface area contributed by atoms with E-state index in [9.17, 15) is 4.79 Å². The smallest absolute Gasteiger partial charge is 0.266 e. The van der Waals surface area contributed by atoms with E-state index in [1.165, 1.54) is 11.8 Å². The maximum absolute atomic E-state index is 12.8. The van der Waals surface area contributed by atoms with Gasteiger partial charge in [-0.1, -0.05) is 35.9 Å². The first kappa shape index (κ1) is 19.3. The van der Waals surface area contributed by atoms with Crippen LogP contribution in [-0.2, 0) is 4.79 Å². The molecular formula is C20H19ClN2O3S. The van der Waals surface area contributed by atoms with Gasteiger partial charge in [0.2, 0.25) is 0 Å². The van der Waals surface area contributed by atoms with Crippen LogP contribution in [0.1, 0.15) is 12.5 Å². The number of benzene rings is 2. The van der Waals surface area contributed by atoms with Crippen LogP contribution in [0.3, 0.4) is 0 Å². The number of amidine groups is 1. The fourth-order valence-electron chi connectivity index (χ4n) is 2.68. The Kier molecular flexibility index (Phi) is 6.08. The second-order valence-electron chi connectivity index (χ2n) is 5.59. The number of likely N-dealkylation sites (N-methyl/N-ethyl adjacent to an activating group) is 1. The summed E-state index contributed by atoms with van der Waals surface area (Å²) >= 11 is 7.52. The Hall–Kier alpha value is -2.44. The summed E-state index contributed by atoms with van der Waals surface area (Å²) in [6.07, 6.45) is 1.80. The third-order valence-corrected chi connectivity index (χ3v) is 5.32. The van der Waals surface area contributed by atoms with E-state index in [1.54, 1.807) is 31.3 Å². The monoisotopic (exact) mass is 402 g/mol. The zero-order chi connectivity index (χ0) is 19.4. The number of thioether (sulfide) groups is 1. The van der Waals surface area contributed by atoms with Gasteiger partial charge in [0.25, 0.3) is 5.91 Å². The molecule has 2 aromatic carbocycles. The molecule has 140 valence electrons. The van der Waals surface area contributed by atoms with Gasteiger partial charge in [-0.05, 0) is 43.0 Å². The first-order chi connectivity index (χ1) is 13.1. The summed E-state index contributed by atoms with van der Waals surface area (Å²) in [5, 5.41) is 1.14. The van der Waals surface area contributed by atoms with Crippen LogP contribution in [0.25, 0.3) is 6.08 Å². The van der Waals surface area contributed by atoms with Crippen molar-refractivity contribution in [2.24, 2.45) is 4.99 Å². The van der Waals surface area contributed by atoms with E-state index < -0.39 is 0 Å². The molecule has 0 atom stereocenters. The van der Waals surface area contributed by atoms with E-state index in [-0.39, 0.29) is 5.91 Å². The second kappa shape index (κ2) is 8.50. The maximum Gasteiger partial charge on any atom is 0.266 e. The summed E-state index contributed by atoms with van der Waals surface area (Å²) in [5.74, 6) is 1.10. The minimum absolute atomic E-state index is 0.0989. The van der Waals surface area contributed by atoms with Gasteiger partial charge in [-0.25, -0.2) is 4.99 Å². The van der Waals surface area contributed by atoms with Gasteiger partial charge in [-0.15, -0.1) is 0 Å². The molecule has 0 aliphatic carbocycles. The van der Waals surface area contributed by atoms with Crippen LogP contribution in [0.15, 0.2) is 52.4 Å². The lowest BCUT2D eigenvalue weighted by Crippen LogP contribution is -2.28. The lowest BCUT2D eigenvalue weighted by molar-refractivity contribution is -0.122. The SMILES string of the molecule is CCN1C(=O)/C(=C\c2cccc(OC)c2OC)SC1=Nc1ccccc1Cl. The number of rotatable bonds is 5. The highest BCUT2D eigenvalue weighted by molar-refractivity contribution is 8.18. The van der Waals surface area contributed by atoms with Crippen molar-refractivity contribution in [2.45, 2.75) is 6.92 Å². The number of carbonyl (C=O) groups excluding carboxylic acids is 1. The molecule has 1 aliphatic rings. The molecule has 0 saturated carbocycles. The molecule has 5 nitrogen and oxygen atoms in total. The number of methoxy groups -OCH3 is 2. The molecule has 27 heavy (non-hydrogen) atoms. The summed E-state index contributed by atoms with van der Waals surface area (Å²) < 4.78 is 10.8. The molecule has 1 amide bonds. The van der Waals surface area contributed by atoms with Crippen LogP contribution in [0.4, 0.5) is 5.69 Å². The third-order valence-electron chi connectivity index (χ3n) is 3.99. The molecule has 0 aromatic heterocycles. The quantitative estimate of drug-likeness (QED) is 0.662. The fraction of sp³-hybridized carbons (Fsp3) is 0.200. The summed E-state index contributed by atoms with van der Waals surface area (Å²) in [6.45, 7) is 2.43. The number of hydrogen-bond donors (Lipinski definition) is 0. The normalized spacial score (nSPS) is 17.0. The topological polar surface area (TPSA) is 51.1 Å². The molecule has 1 heterocycles. The summed E-state index contributed by atoms with van der Waals surface area (Å²) in [6, 6.07) is 12.8. The Morgan fingerprint density at radius 2 is 1.93 bits per heavy atom. The molecule has 0 spiro atoms. The third kappa shape index (κ3) is 3.96. The molecular weight excluding hydrogens is 384 g/mol. The Labute approximate surface area is 167 Å². The molecule has 3 rings (SSSR count). The standard InChI is InChI=1S/C20H19ClN2O3S/c1-4-23-19(24)17(12-13-8-7-11-16(25-2)18(13)26-3)27-20(23)22-15-10-6-5-9-14(15)21/h5-12H,4H2,1-3H3/b17-12+,22-20?. The molecule has 0 radical (unpaired) electrons. The summed E-state index contributed by atoms with van der Waals surface area (Å²) in [4.78, 5) is 19.6.